The number of piperidine rings is 1. The van der Waals surface area contributed by atoms with Crippen LogP contribution in [-0.4, -0.2) is 26.0 Å². The largest absolute Gasteiger partial charge is 0.359 e. The Labute approximate surface area is 113 Å². The molecular weight excluding hydrogens is 248 g/mol. The molecule has 1 aliphatic heterocycles. The third-order valence-corrected chi connectivity index (χ3v) is 4.05. The average molecular weight is 267 g/mol. The van der Waals surface area contributed by atoms with Gasteiger partial charge in [-0.3, -0.25) is 4.79 Å². The van der Waals surface area contributed by atoms with Crippen LogP contribution in [0.5, 0.6) is 0 Å². The Balaban J connectivity index is 2.28. The van der Waals surface area contributed by atoms with Gasteiger partial charge in [-0.25, -0.2) is 0 Å². The summed E-state index contributed by atoms with van der Waals surface area (Å²) in [6, 6.07) is 7.92. The predicted octanol–water partition coefficient (Wildman–Crippen LogP) is 2.10. The first-order valence-corrected chi connectivity index (χ1v) is 6.71. The number of nitrogens with one attached hydrogen (secondary N) is 2. The highest BCUT2D eigenvalue weighted by Gasteiger charge is 2.35. The minimum absolute atomic E-state index is 0.0457. The fourth-order valence-corrected chi connectivity index (χ4v) is 2.80. The molecule has 1 aromatic rings. The molecule has 1 amide bonds. The third kappa shape index (κ3) is 2.85. The Morgan fingerprint density at radius 3 is 2.50 bits per heavy atom. The summed E-state index contributed by atoms with van der Waals surface area (Å²) < 4.78 is 0. The topological polar surface area (TPSA) is 41.1 Å². The summed E-state index contributed by atoms with van der Waals surface area (Å²) in [7, 11) is 1.69. The fourth-order valence-electron chi connectivity index (χ4n) is 2.67. The SMILES string of the molecule is CNC(=O)CC1(c2ccc(Cl)cc2)CCNCC1. The molecule has 1 aromatic carbocycles. The first-order valence-electron chi connectivity index (χ1n) is 6.34. The van der Waals surface area contributed by atoms with Crippen LogP contribution in [0, 0.1) is 0 Å². The Kier molecular flexibility index (Phi) is 4.25. The van der Waals surface area contributed by atoms with Crippen molar-refractivity contribution < 1.29 is 4.79 Å². The normalized spacial score (nSPS) is 18.3. The van der Waals surface area contributed by atoms with E-state index in [9.17, 15) is 4.79 Å². The summed E-state index contributed by atoms with van der Waals surface area (Å²) in [4.78, 5) is 11.8. The lowest BCUT2D eigenvalue weighted by Crippen LogP contribution is -2.42. The van der Waals surface area contributed by atoms with Crippen LogP contribution < -0.4 is 10.6 Å². The molecule has 2 N–H and O–H groups in total. The van der Waals surface area contributed by atoms with Crippen LogP contribution in [0.3, 0.4) is 0 Å². The molecule has 0 saturated carbocycles. The van der Waals surface area contributed by atoms with Crippen molar-refractivity contribution in [2.75, 3.05) is 20.1 Å². The third-order valence-electron chi connectivity index (χ3n) is 3.80. The van der Waals surface area contributed by atoms with Crippen LogP contribution in [0.15, 0.2) is 24.3 Å². The number of hydrogen-bond donors (Lipinski definition) is 2. The van der Waals surface area contributed by atoms with E-state index >= 15 is 0 Å². The van der Waals surface area contributed by atoms with Crippen molar-refractivity contribution in [1.29, 1.82) is 0 Å². The van der Waals surface area contributed by atoms with Gasteiger partial charge in [0, 0.05) is 23.9 Å². The first-order chi connectivity index (χ1) is 8.66. The second-order valence-corrected chi connectivity index (χ2v) is 5.32. The molecule has 0 atom stereocenters. The Hall–Kier alpha value is -1.06. The first kappa shape index (κ1) is 13.4. The van der Waals surface area contributed by atoms with Crippen LogP contribution >= 0.6 is 11.6 Å². The van der Waals surface area contributed by atoms with Gasteiger partial charge in [0.25, 0.3) is 0 Å². The van der Waals surface area contributed by atoms with Crippen molar-refractivity contribution in [3.8, 4) is 0 Å². The van der Waals surface area contributed by atoms with E-state index in [-0.39, 0.29) is 11.3 Å². The standard InChI is InChI=1S/C14H19ClN2O/c1-16-13(18)10-14(6-8-17-9-7-14)11-2-4-12(15)5-3-11/h2-5,17H,6-10H2,1H3,(H,16,18). The van der Waals surface area contributed by atoms with Gasteiger partial charge < -0.3 is 10.6 Å². The zero-order valence-corrected chi connectivity index (χ0v) is 11.4. The lowest BCUT2D eigenvalue weighted by Gasteiger charge is -2.37. The van der Waals surface area contributed by atoms with E-state index in [1.165, 1.54) is 5.56 Å². The van der Waals surface area contributed by atoms with Gasteiger partial charge in [0.2, 0.25) is 5.91 Å². The van der Waals surface area contributed by atoms with Gasteiger partial charge in [0.1, 0.15) is 0 Å². The van der Waals surface area contributed by atoms with Gasteiger partial charge in [0.15, 0.2) is 0 Å². The summed E-state index contributed by atoms with van der Waals surface area (Å²) in [5, 5.41) is 6.83. The van der Waals surface area contributed by atoms with E-state index in [0.29, 0.717) is 6.42 Å². The molecule has 0 radical (unpaired) electrons. The van der Waals surface area contributed by atoms with Crippen molar-refractivity contribution in [2.45, 2.75) is 24.7 Å². The number of halogens is 1. The van der Waals surface area contributed by atoms with Crippen molar-refractivity contribution >= 4 is 17.5 Å². The van der Waals surface area contributed by atoms with Crippen molar-refractivity contribution in [3.63, 3.8) is 0 Å². The smallest absolute Gasteiger partial charge is 0.220 e. The number of amides is 1. The maximum absolute atomic E-state index is 11.8. The average Bonchev–Trinajstić information content (AvgIpc) is 2.40. The van der Waals surface area contributed by atoms with Crippen LogP contribution in [0.2, 0.25) is 5.02 Å². The lowest BCUT2D eigenvalue weighted by atomic mass is 9.70. The number of benzene rings is 1. The van der Waals surface area contributed by atoms with E-state index in [4.69, 9.17) is 11.6 Å². The van der Waals surface area contributed by atoms with Crippen molar-refractivity contribution in [3.05, 3.63) is 34.9 Å². The molecule has 0 aliphatic carbocycles. The molecule has 1 fully saturated rings. The zero-order valence-electron chi connectivity index (χ0n) is 10.6. The molecular formula is C14H19ClN2O. The minimum atomic E-state index is -0.0457. The Bertz CT molecular complexity index is 410. The minimum Gasteiger partial charge on any atom is -0.359 e. The van der Waals surface area contributed by atoms with Gasteiger partial charge in [-0.15, -0.1) is 0 Å². The highest BCUT2D eigenvalue weighted by Crippen LogP contribution is 2.37. The maximum atomic E-state index is 11.8. The van der Waals surface area contributed by atoms with Gasteiger partial charge in [-0.05, 0) is 43.6 Å². The van der Waals surface area contributed by atoms with Gasteiger partial charge in [0.05, 0.1) is 0 Å². The monoisotopic (exact) mass is 266 g/mol. The van der Waals surface area contributed by atoms with Crippen molar-refractivity contribution in [1.82, 2.24) is 10.6 Å². The lowest BCUT2D eigenvalue weighted by molar-refractivity contribution is -0.122. The Morgan fingerprint density at radius 2 is 1.94 bits per heavy atom. The summed E-state index contributed by atoms with van der Waals surface area (Å²) in [6.45, 7) is 1.92. The molecule has 0 spiro atoms. The predicted molar refractivity (Wildman–Crippen MR) is 73.9 cm³/mol. The molecule has 1 aliphatic rings. The van der Waals surface area contributed by atoms with E-state index < -0.39 is 0 Å². The Morgan fingerprint density at radius 1 is 1.33 bits per heavy atom. The van der Waals surface area contributed by atoms with Gasteiger partial charge in [-0.1, -0.05) is 23.7 Å². The van der Waals surface area contributed by atoms with Crippen LogP contribution in [0.4, 0.5) is 0 Å². The highest BCUT2D eigenvalue weighted by atomic mass is 35.5. The summed E-state index contributed by atoms with van der Waals surface area (Å²) >= 11 is 5.94. The fraction of sp³-hybridized carbons (Fsp3) is 0.500. The van der Waals surface area contributed by atoms with E-state index in [0.717, 1.165) is 31.0 Å². The molecule has 2 rings (SSSR count). The second kappa shape index (κ2) is 5.72. The van der Waals surface area contributed by atoms with Crippen LogP contribution in [0.25, 0.3) is 0 Å². The molecule has 1 saturated heterocycles. The second-order valence-electron chi connectivity index (χ2n) is 4.89. The number of carbonyl (C=O) groups excluding carboxylic acids is 1. The summed E-state index contributed by atoms with van der Waals surface area (Å²) in [5.74, 6) is 0.104. The van der Waals surface area contributed by atoms with Crippen LogP contribution in [0.1, 0.15) is 24.8 Å². The van der Waals surface area contributed by atoms with Crippen molar-refractivity contribution in [2.24, 2.45) is 0 Å². The number of rotatable bonds is 3. The van der Waals surface area contributed by atoms with Crippen LogP contribution in [-0.2, 0) is 10.2 Å². The molecule has 1 heterocycles. The number of carbonyl (C=O) groups is 1. The highest BCUT2D eigenvalue weighted by molar-refractivity contribution is 6.30. The summed E-state index contributed by atoms with van der Waals surface area (Å²) in [6.07, 6.45) is 2.52. The van der Waals surface area contributed by atoms with Gasteiger partial charge in [-0.2, -0.15) is 0 Å². The molecule has 4 heteroatoms. The van der Waals surface area contributed by atoms with E-state index in [1.54, 1.807) is 7.05 Å². The van der Waals surface area contributed by atoms with E-state index in [1.807, 2.05) is 12.1 Å². The molecule has 0 bridgehead atoms. The zero-order chi connectivity index (χ0) is 13.0. The quantitative estimate of drug-likeness (QED) is 0.880. The van der Waals surface area contributed by atoms with Gasteiger partial charge >= 0.3 is 0 Å². The molecule has 98 valence electrons. The molecule has 18 heavy (non-hydrogen) atoms. The number of hydrogen-bond acceptors (Lipinski definition) is 2. The molecule has 0 aromatic heterocycles. The molecule has 0 unspecified atom stereocenters. The van der Waals surface area contributed by atoms with E-state index in [2.05, 4.69) is 22.8 Å². The molecule has 3 nitrogen and oxygen atoms in total. The summed E-state index contributed by atoms with van der Waals surface area (Å²) in [5.41, 5.74) is 1.17. The maximum Gasteiger partial charge on any atom is 0.220 e.